The van der Waals surface area contributed by atoms with E-state index in [9.17, 15) is 9.90 Å². The van der Waals surface area contributed by atoms with E-state index < -0.39 is 0 Å². The number of carbonyl (C=O) groups excluding carboxylic acids is 1. The van der Waals surface area contributed by atoms with Crippen molar-refractivity contribution in [1.82, 2.24) is 10.2 Å². The number of urea groups is 1. The Labute approximate surface area is 144 Å². The number of carbonyl (C=O) groups is 1. The second kappa shape index (κ2) is 8.34. The van der Waals surface area contributed by atoms with Crippen LogP contribution < -0.4 is 5.32 Å². The van der Waals surface area contributed by atoms with Crippen molar-refractivity contribution in [2.45, 2.75) is 57.0 Å². The Hall–Kier alpha value is -1.81. The fraction of sp³-hybridized carbons (Fsp3) is 0.550. The molecule has 0 bridgehead atoms. The van der Waals surface area contributed by atoms with Crippen LogP contribution in [0.15, 0.2) is 36.4 Å². The second-order valence-electron chi connectivity index (χ2n) is 6.81. The third-order valence-electron chi connectivity index (χ3n) is 5.13. The summed E-state index contributed by atoms with van der Waals surface area (Å²) < 4.78 is 0. The van der Waals surface area contributed by atoms with Crippen molar-refractivity contribution in [3.63, 3.8) is 0 Å². The molecule has 1 aromatic carbocycles. The second-order valence-corrected chi connectivity index (χ2v) is 6.81. The highest BCUT2D eigenvalue weighted by atomic mass is 16.3. The lowest BCUT2D eigenvalue weighted by atomic mass is 9.87. The molecule has 0 saturated heterocycles. The summed E-state index contributed by atoms with van der Waals surface area (Å²) in [6, 6.07) is 8.85. The van der Waals surface area contributed by atoms with Gasteiger partial charge in [-0.05, 0) is 56.1 Å². The minimum atomic E-state index is 0.0189. The Morgan fingerprint density at radius 1 is 1.25 bits per heavy atom. The molecule has 2 atom stereocenters. The van der Waals surface area contributed by atoms with Gasteiger partial charge in [-0.2, -0.15) is 0 Å². The molecule has 0 radical (unpaired) electrons. The van der Waals surface area contributed by atoms with Gasteiger partial charge in [0.2, 0.25) is 0 Å². The van der Waals surface area contributed by atoms with Crippen molar-refractivity contribution in [2.24, 2.45) is 0 Å². The van der Waals surface area contributed by atoms with E-state index in [1.807, 2.05) is 4.90 Å². The Kier molecular flexibility index (Phi) is 5.91. The van der Waals surface area contributed by atoms with Crippen LogP contribution in [-0.4, -0.2) is 35.2 Å². The molecule has 4 nitrogen and oxygen atoms in total. The monoisotopic (exact) mass is 328 g/mol. The first-order valence-corrected chi connectivity index (χ1v) is 9.20. The summed E-state index contributed by atoms with van der Waals surface area (Å²) in [5.41, 5.74) is 2.64. The summed E-state index contributed by atoms with van der Waals surface area (Å²) in [6.07, 6.45) is 11.1. The van der Waals surface area contributed by atoms with Crippen LogP contribution >= 0.6 is 0 Å². The molecular formula is C20H28N2O2. The number of aliphatic hydroxyl groups excluding tert-OH is 1. The fourth-order valence-electron chi connectivity index (χ4n) is 3.87. The van der Waals surface area contributed by atoms with Crippen LogP contribution in [-0.2, 0) is 6.42 Å². The lowest BCUT2D eigenvalue weighted by Crippen LogP contribution is -2.47. The van der Waals surface area contributed by atoms with Gasteiger partial charge in [-0.15, -0.1) is 0 Å². The van der Waals surface area contributed by atoms with Gasteiger partial charge in [-0.25, -0.2) is 4.79 Å². The molecule has 2 unspecified atom stereocenters. The molecular weight excluding hydrogens is 300 g/mol. The largest absolute Gasteiger partial charge is 0.396 e. The average molecular weight is 328 g/mol. The highest BCUT2D eigenvalue weighted by Gasteiger charge is 2.29. The zero-order chi connectivity index (χ0) is 16.8. The summed E-state index contributed by atoms with van der Waals surface area (Å²) in [5.74, 6) is 0. The number of benzene rings is 1. The molecule has 0 heterocycles. The molecule has 4 heteroatoms. The molecule has 2 N–H and O–H groups in total. The van der Waals surface area contributed by atoms with Gasteiger partial charge in [0.05, 0.1) is 6.04 Å². The standard InChI is InChI=1S/C20H28N2O2/c23-15-7-14-22(20(24)21-17-10-2-1-3-11-17)19-13-6-9-16-8-4-5-12-18(16)19/h1-2,4-5,8,12,17,19,23H,3,6-7,9-11,13-15H2,(H,21,24). The SMILES string of the molecule is O=C(NC1CC=CCC1)N(CCCO)C1CCCc2ccccc21. The first kappa shape index (κ1) is 17.0. The van der Waals surface area contributed by atoms with Crippen LogP contribution in [0.3, 0.4) is 0 Å². The maximum Gasteiger partial charge on any atom is 0.318 e. The number of hydrogen-bond donors (Lipinski definition) is 2. The summed E-state index contributed by atoms with van der Waals surface area (Å²) in [5, 5.41) is 12.5. The van der Waals surface area contributed by atoms with E-state index in [1.165, 1.54) is 11.1 Å². The van der Waals surface area contributed by atoms with Gasteiger partial charge in [-0.1, -0.05) is 36.4 Å². The van der Waals surface area contributed by atoms with E-state index in [0.717, 1.165) is 38.5 Å². The molecule has 2 aliphatic carbocycles. The van der Waals surface area contributed by atoms with Gasteiger partial charge in [-0.3, -0.25) is 0 Å². The Morgan fingerprint density at radius 2 is 2.12 bits per heavy atom. The first-order chi connectivity index (χ1) is 11.8. The van der Waals surface area contributed by atoms with Gasteiger partial charge in [0.25, 0.3) is 0 Å². The fourth-order valence-corrected chi connectivity index (χ4v) is 3.87. The minimum Gasteiger partial charge on any atom is -0.396 e. The third-order valence-corrected chi connectivity index (χ3v) is 5.13. The number of aliphatic hydroxyl groups is 1. The number of hydrogen-bond acceptors (Lipinski definition) is 2. The maximum absolute atomic E-state index is 12.9. The summed E-state index contributed by atoms with van der Waals surface area (Å²) in [4.78, 5) is 14.9. The van der Waals surface area contributed by atoms with E-state index >= 15 is 0 Å². The number of rotatable bonds is 5. The number of nitrogens with one attached hydrogen (secondary N) is 1. The van der Waals surface area contributed by atoms with Gasteiger partial charge >= 0.3 is 6.03 Å². The van der Waals surface area contributed by atoms with E-state index in [4.69, 9.17) is 0 Å². The predicted octanol–water partition coefficient (Wildman–Crippen LogP) is 3.57. The molecule has 2 aliphatic rings. The molecule has 0 aliphatic heterocycles. The lowest BCUT2D eigenvalue weighted by molar-refractivity contribution is 0.154. The van der Waals surface area contributed by atoms with Crippen LogP contribution in [0.25, 0.3) is 0 Å². The topological polar surface area (TPSA) is 52.6 Å². The predicted molar refractivity (Wildman–Crippen MR) is 95.8 cm³/mol. The van der Waals surface area contributed by atoms with Gasteiger partial charge in [0, 0.05) is 19.2 Å². The maximum atomic E-state index is 12.9. The zero-order valence-corrected chi connectivity index (χ0v) is 14.3. The number of nitrogens with zero attached hydrogens (tertiary/aromatic N) is 1. The lowest BCUT2D eigenvalue weighted by Gasteiger charge is -2.37. The highest BCUT2D eigenvalue weighted by molar-refractivity contribution is 5.75. The van der Waals surface area contributed by atoms with Crippen molar-refractivity contribution in [2.75, 3.05) is 13.2 Å². The highest BCUT2D eigenvalue weighted by Crippen LogP contribution is 2.34. The normalized spacial score (nSPS) is 22.7. The molecule has 0 saturated carbocycles. The summed E-state index contributed by atoms with van der Waals surface area (Å²) in [7, 11) is 0. The van der Waals surface area contributed by atoms with Crippen LogP contribution in [0.4, 0.5) is 4.79 Å². The van der Waals surface area contributed by atoms with Crippen molar-refractivity contribution in [3.05, 3.63) is 47.5 Å². The molecule has 3 rings (SSSR count). The number of aryl methyl sites for hydroxylation is 1. The van der Waals surface area contributed by atoms with E-state index in [-0.39, 0.29) is 24.7 Å². The molecule has 2 amide bonds. The van der Waals surface area contributed by atoms with Crippen LogP contribution in [0.5, 0.6) is 0 Å². The van der Waals surface area contributed by atoms with Crippen molar-refractivity contribution in [3.8, 4) is 0 Å². The quantitative estimate of drug-likeness (QED) is 0.812. The van der Waals surface area contributed by atoms with E-state index in [2.05, 4.69) is 41.7 Å². The first-order valence-electron chi connectivity index (χ1n) is 9.20. The van der Waals surface area contributed by atoms with Crippen LogP contribution in [0.1, 0.15) is 55.7 Å². The van der Waals surface area contributed by atoms with Crippen molar-refractivity contribution >= 4 is 6.03 Å². The van der Waals surface area contributed by atoms with Crippen molar-refractivity contribution in [1.29, 1.82) is 0 Å². The number of amides is 2. The molecule has 1 aromatic rings. The Morgan fingerprint density at radius 3 is 2.92 bits per heavy atom. The average Bonchev–Trinajstić information content (AvgIpc) is 2.63. The van der Waals surface area contributed by atoms with E-state index in [0.29, 0.717) is 13.0 Å². The summed E-state index contributed by atoms with van der Waals surface area (Å²) >= 11 is 0. The van der Waals surface area contributed by atoms with Gasteiger partial charge in [0.1, 0.15) is 0 Å². The molecule has 0 fully saturated rings. The van der Waals surface area contributed by atoms with Gasteiger partial charge in [0.15, 0.2) is 0 Å². The minimum absolute atomic E-state index is 0.0189. The molecule has 0 aromatic heterocycles. The molecule has 0 spiro atoms. The molecule has 130 valence electrons. The summed E-state index contributed by atoms with van der Waals surface area (Å²) in [6.45, 7) is 0.716. The number of fused-ring (bicyclic) bond motifs is 1. The third kappa shape index (κ3) is 3.99. The van der Waals surface area contributed by atoms with Crippen LogP contribution in [0, 0.1) is 0 Å². The van der Waals surface area contributed by atoms with Crippen molar-refractivity contribution < 1.29 is 9.90 Å². The zero-order valence-electron chi connectivity index (χ0n) is 14.3. The molecule has 24 heavy (non-hydrogen) atoms. The van der Waals surface area contributed by atoms with Crippen LogP contribution in [0.2, 0.25) is 0 Å². The Bertz CT molecular complexity index is 585. The Balaban J connectivity index is 1.76. The number of allylic oxidation sites excluding steroid dienone is 1. The van der Waals surface area contributed by atoms with E-state index in [1.54, 1.807) is 0 Å². The van der Waals surface area contributed by atoms with Gasteiger partial charge < -0.3 is 15.3 Å². The smallest absolute Gasteiger partial charge is 0.318 e.